The van der Waals surface area contributed by atoms with Crippen molar-refractivity contribution in [2.24, 2.45) is 7.05 Å². The first-order valence-corrected chi connectivity index (χ1v) is 9.71. The van der Waals surface area contributed by atoms with Crippen LogP contribution in [-0.2, 0) is 18.4 Å². The second-order valence-corrected chi connectivity index (χ2v) is 7.04. The van der Waals surface area contributed by atoms with Crippen LogP contribution < -0.4 is 5.32 Å². The largest absolute Gasteiger partial charge is 0.498 e. The summed E-state index contributed by atoms with van der Waals surface area (Å²) in [7, 11) is 1.81. The fraction of sp³-hybridized carbons (Fsp3) is 0.684. The number of likely N-dealkylation sites (tertiary alicyclic amines) is 1. The molecule has 0 aromatic carbocycles. The summed E-state index contributed by atoms with van der Waals surface area (Å²) < 4.78 is 7.62. The first-order chi connectivity index (χ1) is 12.7. The Morgan fingerprint density at radius 3 is 2.85 bits per heavy atom. The molecule has 144 valence electrons. The van der Waals surface area contributed by atoms with Gasteiger partial charge < -0.3 is 15.2 Å². The number of allylic oxidation sites excluding steroid dienone is 3. The van der Waals surface area contributed by atoms with Gasteiger partial charge in [0, 0.05) is 26.6 Å². The van der Waals surface area contributed by atoms with E-state index in [9.17, 15) is 0 Å². The Morgan fingerprint density at radius 2 is 2.08 bits per heavy atom. The summed E-state index contributed by atoms with van der Waals surface area (Å²) in [6, 6.07) is 0. The Bertz CT molecular complexity index is 632. The van der Waals surface area contributed by atoms with Crippen molar-refractivity contribution in [2.75, 3.05) is 38.1 Å². The number of aliphatic hydroxyl groups is 1. The molecule has 2 heterocycles. The molecule has 0 amide bonds. The van der Waals surface area contributed by atoms with Gasteiger partial charge in [-0.3, -0.25) is 4.90 Å². The van der Waals surface area contributed by atoms with E-state index in [2.05, 4.69) is 32.5 Å². The van der Waals surface area contributed by atoms with Crippen molar-refractivity contribution in [3.63, 3.8) is 0 Å². The maximum absolute atomic E-state index is 9.05. The average molecular weight is 361 g/mol. The molecule has 1 aromatic heterocycles. The molecule has 0 atom stereocenters. The van der Waals surface area contributed by atoms with Gasteiger partial charge >= 0.3 is 0 Å². The second kappa shape index (κ2) is 9.73. The van der Waals surface area contributed by atoms with Crippen LogP contribution in [0.25, 0.3) is 0 Å². The molecule has 1 aliphatic heterocycles. The van der Waals surface area contributed by atoms with E-state index in [0.717, 1.165) is 38.1 Å². The molecular formula is C19H31N5O2. The number of anilines is 1. The zero-order valence-corrected chi connectivity index (χ0v) is 15.8. The quantitative estimate of drug-likeness (QED) is 0.519. The van der Waals surface area contributed by atoms with Gasteiger partial charge in [-0.2, -0.15) is 10.1 Å². The van der Waals surface area contributed by atoms with Gasteiger partial charge in [-0.15, -0.1) is 0 Å². The molecule has 0 spiro atoms. The lowest BCUT2D eigenvalue weighted by atomic mass is 10.0. The van der Waals surface area contributed by atoms with E-state index in [1.54, 1.807) is 4.68 Å². The normalized spacial score (nSPS) is 18.4. The molecule has 2 aliphatic rings. The highest BCUT2D eigenvalue weighted by molar-refractivity contribution is 5.24. The smallest absolute Gasteiger partial charge is 0.221 e. The Kier molecular flexibility index (Phi) is 7.08. The van der Waals surface area contributed by atoms with Gasteiger partial charge in [-0.25, -0.2) is 4.68 Å². The van der Waals surface area contributed by atoms with Gasteiger partial charge in [0.25, 0.3) is 0 Å². The number of piperidine rings is 1. The number of hydrogen-bond donors (Lipinski definition) is 2. The highest BCUT2D eigenvalue weighted by atomic mass is 16.5. The van der Waals surface area contributed by atoms with Gasteiger partial charge in [0.1, 0.15) is 6.61 Å². The highest BCUT2D eigenvalue weighted by Gasteiger charge is 2.15. The molecule has 0 bridgehead atoms. The van der Waals surface area contributed by atoms with E-state index in [0.29, 0.717) is 18.4 Å². The fourth-order valence-corrected chi connectivity index (χ4v) is 3.49. The van der Waals surface area contributed by atoms with Crippen LogP contribution in [0.2, 0.25) is 0 Å². The van der Waals surface area contributed by atoms with E-state index in [1.807, 2.05) is 7.05 Å². The molecule has 2 N–H and O–H groups in total. The minimum atomic E-state index is -0.139. The number of rotatable bonds is 9. The van der Waals surface area contributed by atoms with Gasteiger partial charge in [0.05, 0.1) is 12.4 Å². The number of aryl methyl sites for hydroxylation is 1. The second-order valence-electron chi connectivity index (χ2n) is 7.04. The third kappa shape index (κ3) is 5.57. The monoisotopic (exact) mass is 361 g/mol. The van der Waals surface area contributed by atoms with Gasteiger partial charge in [0.2, 0.25) is 5.95 Å². The molecule has 3 rings (SSSR count). The SMILES string of the molecule is Cn1nc(CO)nc1NCCCOC1=CCC=C(CN2CCCCC2)C1. The summed E-state index contributed by atoms with van der Waals surface area (Å²) in [5, 5.41) is 16.4. The molecule has 1 fully saturated rings. The third-order valence-corrected chi connectivity index (χ3v) is 4.87. The lowest BCUT2D eigenvalue weighted by Crippen LogP contribution is -2.31. The van der Waals surface area contributed by atoms with Crippen LogP contribution in [0.4, 0.5) is 5.95 Å². The molecule has 0 saturated carbocycles. The molecule has 0 unspecified atom stereocenters. The minimum absolute atomic E-state index is 0.139. The van der Waals surface area contributed by atoms with E-state index in [-0.39, 0.29) is 6.61 Å². The number of nitrogens with zero attached hydrogens (tertiary/aromatic N) is 4. The summed E-state index contributed by atoms with van der Waals surface area (Å²) in [6.45, 7) is 4.90. The zero-order valence-electron chi connectivity index (χ0n) is 15.8. The Morgan fingerprint density at radius 1 is 1.23 bits per heavy atom. The fourth-order valence-electron chi connectivity index (χ4n) is 3.49. The van der Waals surface area contributed by atoms with Gasteiger partial charge in [-0.05, 0) is 44.8 Å². The maximum atomic E-state index is 9.05. The van der Waals surface area contributed by atoms with Crippen LogP contribution in [-0.4, -0.2) is 57.6 Å². The Balaban J connectivity index is 1.32. The highest BCUT2D eigenvalue weighted by Crippen LogP contribution is 2.22. The summed E-state index contributed by atoms with van der Waals surface area (Å²) in [4.78, 5) is 6.78. The van der Waals surface area contributed by atoms with Crippen LogP contribution in [0.3, 0.4) is 0 Å². The van der Waals surface area contributed by atoms with Crippen LogP contribution in [0.15, 0.2) is 23.5 Å². The first-order valence-electron chi connectivity index (χ1n) is 9.71. The number of ether oxygens (including phenoxy) is 1. The Labute approximate surface area is 155 Å². The van der Waals surface area contributed by atoms with E-state index >= 15 is 0 Å². The van der Waals surface area contributed by atoms with Crippen LogP contribution >= 0.6 is 0 Å². The lowest BCUT2D eigenvalue weighted by Gasteiger charge is -2.28. The Hall–Kier alpha value is -1.86. The van der Waals surface area contributed by atoms with E-state index < -0.39 is 0 Å². The van der Waals surface area contributed by atoms with Gasteiger partial charge in [0.15, 0.2) is 5.82 Å². The number of nitrogens with one attached hydrogen (secondary N) is 1. The molecule has 1 aliphatic carbocycles. The third-order valence-electron chi connectivity index (χ3n) is 4.87. The molecule has 0 radical (unpaired) electrons. The molecule has 7 nitrogen and oxygen atoms in total. The average Bonchev–Trinajstić information content (AvgIpc) is 3.03. The van der Waals surface area contributed by atoms with E-state index in [1.165, 1.54) is 37.9 Å². The van der Waals surface area contributed by atoms with Crippen molar-refractivity contribution >= 4 is 5.95 Å². The van der Waals surface area contributed by atoms with Crippen LogP contribution in [0, 0.1) is 0 Å². The van der Waals surface area contributed by atoms with Gasteiger partial charge in [-0.1, -0.05) is 18.1 Å². The molecular weight excluding hydrogens is 330 g/mol. The molecule has 1 saturated heterocycles. The summed E-state index contributed by atoms with van der Waals surface area (Å²) in [6.07, 6.45) is 11.4. The van der Waals surface area contributed by atoms with Crippen molar-refractivity contribution in [1.29, 1.82) is 0 Å². The standard InChI is InChI=1S/C19H31N5O2/c1-23-19(21-18(15-25)22-23)20-9-6-12-26-17-8-5-7-16(13-17)14-24-10-3-2-4-11-24/h7-8,25H,2-6,9-15H2,1H3,(H,20,21,22). The van der Waals surface area contributed by atoms with Crippen molar-refractivity contribution in [3.8, 4) is 0 Å². The predicted octanol–water partition coefficient (Wildman–Crippen LogP) is 2.22. The zero-order chi connectivity index (χ0) is 18.2. The van der Waals surface area contributed by atoms with Crippen molar-refractivity contribution < 1.29 is 9.84 Å². The van der Waals surface area contributed by atoms with Crippen molar-refractivity contribution in [2.45, 2.75) is 45.1 Å². The predicted molar refractivity (Wildman–Crippen MR) is 102 cm³/mol. The topological polar surface area (TPSA) is 75.4 Å². The first kappa shape index (κ1) is 18.9. The summed E-state index contributed by atoms with van der Waals surface area (Å²) in [5.74, 6) is 2.23. The number of hydrogen-bond acceptors (Lipinski definition) is 6. The minimum Gasteiger partial charge on any atom is -0.498 e. The molecule has 1 aromatic rings. The molecule has 7 heteroatoms. The lowest BCUT2D eigenvalue weighted by molar-refractivity contribution is 0.198. The van der Waals surface area contributed by atoms with Crippen molar-refractivity contribution in [1.82, 2.24) is 19.7 Å². The summed E-state index contributed by atoms with van der Waals surface area (Å²) in [5.41, 5.74) is 1.50. The van der Waals surface area contributed by atoms with Crippen molar-refractivity contribution in [3.05, 3.63) is 29.3 Å². The summed E-state index contributed by atoms with van der Waals surface area (Å²) >= 11 is 0. The number of aromatic nitrogens is 3. The van der Waals surface area contributed by atoms with E-state index in [4.69, 9.17) is 9.84 Å². The van der Waals surface area contributed by atoms with Crippen LogP contribution in [0.1, 0.15) is 44.3 Å². The maximum Gasteiger partial charge on any atom is 0.221 e. The molecule has 26 heavy (non-hydrogen) atoms. The number of aliphatic hydroxyl groups excluding tert-OH is 1. The van der Waals surface area contributed by atoms with Crippen LogP contribution in [0.5, 0.6) is 0 Å².